The maximum absolute atomic E-state index is 11.0. The number of aryl methyl sites for hydroxylation is 1. The molecule has 1 rings (SSSR count). The van der Waals surface area contributed by atoms with Crippen molar-refractivity contribution >= 4 is 22.6 Å². The zero-order valence-corrected chi connectivity index (χ0v) is 9.93. The first-order valence-electron chi connectivity index (χ1n) is 4.81. The molecule has 15 heavy (non-hydrogen) atoms. The van der Waals surface area contributed by atoms with E-state index in [4.69, 9.17) is 0 Å². The van der Waals surface area contributed by atoms with Gasteiger partial charge < -0.3 is 10.1 Å². The summed E-state index contributed by atoms with van der Waals surface area (Å²) in [6.07, 6.45) is 1.15. The first-order valence-corrected chi connectivity index (χ1v) is 5.59. The molecule has 84 valence electrons. The van der Waals surface area contributed by atoms with Crippen molar-refractivity contribution in [3.05, 3.63) is 5.82 Å². The number of rotatable bonds is 5. The van der Waals surface area contributed by atoms with Crippen LogP contribution in [0.15, 0.2) is 0 Å². The minimum atomic E-state index is -0.227. The summed E-state index contributed by atoms with van der Waals surface area (Å²) in [5.41, 5.74) is 0. The van der Waals surface area contributed by atoms with Gasteiger partial charge in [0.25, 0.3) is 0 Å². The molecule has 0 aromatic carbocycles. The molecule has 0 spiro atoms. The fraction of sp³-hybridized carbons (Fsp3) is 0.667. The van der Waals surface area contributed by atoms with E-state index in [1.165, 1.54) is 18.6 Å². The smallest absolute Gasteiger partial charge is 0.307 e. The quantitative estimate of drug-likeness (QED) is 0.774. The third-order valence-corrected chi connectivity index (χ3v) is 2.54. The van der Waals surface area contributed by atoms with Crippen LogP contribution < -0.4 is 5.32 Å². The van der Waals surface area contributed by atoms with Gasteiger partial charge in [-0.25, -0.2) is 4.98 Å². The van der Waals surface area contributed by atoms with E-state index in [-0.39, 0.29) is 12.0 Å². The van der Waals surface area contributed by atoms with E-state index in [2.05, 4.69) is 19.4 Å². The SMILES string of the molecule is CCc1nsc(NC(C)CC(=O)OC)n1. The molecule has 0 radical (unpaired) electrons. The number of carbonyl (C=O) groups is 1. The van der Waals surface area contributed by atoms with E-state index >= 15 is 0 Å². The largest absolute Gasteiger partial charge is 0.469 e. The Morgan fingerprint density at radius 3 is 2.93 bits per heavy atom. The summed E-state index contributed by atoms with van der Waals surface area (Å²) < 4.78 is 8.71. The average Bonchev–Trinajstić information content (AvgIpc) is 2.65. The second-order valence-corrected chi connectivity index (χ2v) is 3.95. The zero-order valence-electron chi connectivity index (χ0n) is 9.11. The van der Waals surface area contributed by atoms with Crippen LogP contribution in [0.2, 0.25) is 0 Å². The van der Waals surface area contributed by atoms with E-state index in [0.717, 1.165) is 17.4 Å². The maximum Gasteiger partial charge on any atom is 0.307 e. The lowest BCUT2D eigenvalue weighted by atomic mass is 10.2. The summed E-state index contributed by atoms with van der Waals surface area (Å²) >= 11 is 1.31. The molecule has 5 nitrogen and oxygen atoms in total. The molecule has 1 heterocycles. The lowest BCUT2D eigenvalue weighted by Gasteiger charge is -2.10. The Morgan fingerprint density at radius 2 is 2.40 bits per heavy atom. The summed E-state index contributed by atoms with van der Waals surface area (Å²) in [5.74, 6) is 0.600. The van der Waals surface area contributed by atoms with Crippen LogP contribution >= 0.6 is 11.5 Å². The number of esters is 1. The molecular weight excluding hydrogens is 214 g/mol. The van der Waals surface area contributed by atoms with Crippen molar-refractivity contribution in [3.63, 3.8) is 0 Å². The number of ether oxygens (including phenoxy) is 1. The minimum absolute atomic E-state index is 0.00936. The Balaban J connectivity index is 2.43. The predicted molar refractivity (Wildman–Crippen MR) is 59.0 cm³/mol. The first-order chi connectivity index (χ1) is 7.15. The van der Waals surface area contributed by atoms with Gasteiger partial charge in [-0.15, -0.1) is 0 Å². The number of nitrogens with zero attached hydrogens (tertiary/aromatic N) is 2. The van der Waals surface area contributed by atoms with Crippen molar-refractivity contribution in [2.45, 2.75) is 32.7 Å². The van der Waals surface area contributed by atoms with Crippen molar-refractivity contribution in [3.8, 4) is 0 Å². The average molecular weight is 229 g/mol. The molecule has 0 bridgehead atoms. The molecule has 1 aromatic heterocycles. The van der Waals surface area contributed by atoms with Crippen molar-refractivity contribution in [1.29, 1.82) is 0 Å². The Bertz CT molecular complexity index is 327. The number of anilines is 1. The molecule has 0 amide bonds. The van der Waals surface area contributed by atoms with Gasteiger partial charge in [-0.3, -0.25) is 4.79 Å². The van der Waals surface area contributed by atoms with Gasteiger partial charge in [-0.1, -0.05) is 6.92 Å². The number of hydrogen-bond donors (Lipinski definition) is 1. The number of carbonyl (C=O) groups excluding carboxylic acids is 1. The summed E-state index contributed by atoms with van der Waals surface area (Å²) in [5, 5.41) is 3.86. The number of hydrogen-bond acceptors (Lipinski definition) is 6. The number of methoxy groups -OCH3 is 1. The highest BCUT2D eigenvalue weighted by Crippen LogP contribution is 2.13. The first kappa shape index (κ1) is 11.9. The van der Waals surface area contributed by atoms with Crippen LogP contribution in [0.3, 0.4) is 0 Å². The monoisotopic (exact) mass is 229 g/mol. The molecule has 0 aliphatic carbocycles. The van der Waals surface area contributed by atoms with E-state index in [1.807, 2.05) is 13.8 Å². The summed E-state index contributed by atoms with van der Waals surface area (Å²) in [6.45, 7) is 3.91. The molecule has 1 aromatic rings. The Kier molecular flexibility index (Phi) is 4.48. The van der Waals surface area contributed by atoms with Crippen LogP contribution in [-0.4, -0.2) is 28.5 Å². The van der Waals surface area contributed by atoms with Gasteiger partial charge in [0.15, 0.2) is 0 Å². The molecule has 1 N–H and O–H groups in total. The van der Waals surface area contributed by atoms with Crippen LogP contribution in [-0.2, 0) is 16.0 Å². The highest BCUT2D eigenvalue weighted by atomic mass is 32.1. The molecule has 0 saturated heterocycles. The summed E-state index contributed by atoms with van der Waals surface area (Å²) in [4.78, 5) is 15.2. The number of nitrogens with one attached hydrogen (secondary N) is 1. The van der Waals surface area contributed by atoms with Gasteiger partial charge in [-0.2, -0.15) is 4.37 Å². The molecule has 6 heteroatoms. The van der Waals surface area contributed by atoms with Gasteiger partial charge in [-0.05, 0) is 6.92 Å². The van der Waals surface area contributed by atoms with Gasteiger partial charge in [0.05, 0.1) is 13.5 Å². The zero-order chi connectivity index (χ0) is 11.3. The van der Waals surface area contributed by atoms with Crippen LogP contribution in [0.4, 0.5) is 5.13 Å². The van der Waals surface area contributed by atoms with Crippen LogP contribution in [0.25, 0.3) is 0 Å². The second kappa shape index (κ2) is 5.65. The fourth-order valence-electron chi connectivity index (χ4n) is 1.05. The van der Waals surface area contributed by atoms with E-state index in [9.17, 15) is 4.79 Å². The van der Waals surface area contributed by atoms with Gasteiger partial charge >= 0.3 is 5.97 Å². The van der Waals surface area contributed by atoms with Crippen LogP contribution in [0.5, 0.6) is 0 Å². The van der Waals surface area contributed by atoms with Crippen molar-refractivity contribution in [2.24, 2.45) is 0 Å². The van der Waals surface area contributed by atoms with Crippen molar-refractivity contribution in [1.82, 2.24) is 9.36 Å². The molecule has 0 saturated carbocycles. The van der Waals surface area contributed by atoms with Gasteiger partial charge in [0, 0.05) is 24.0 Å². The highest BCUT2D eigenvalue weighted by molar-refractivity contribution is 7.09. The summed E-state index contributed by atoms with van der Waals surface area (Å²) in [6, 6.07) is 0.00936. The van der Waals surface area contributed by atoms with Crippen molar-refractivity contribution in [2.75, 3.05) is 12.4 Å². The van der Waals surface area contributed by atoms with Gasteiger partial charge in [0.1, 0.15) is 5.82 Å². The summed E-state index contributed by atoms with van der Waals surface area (Å²) in [7, 11) is 1.38. The topological polar surface area (TPSA) is 64.1 Å². The molecular formula is C9H15N3O2S. The normalized spacial score (nSPS) is 12.2. The number of aromatic nitrogens is 2. The molecule has 0 aliphatic rings. The lowest BCUT2D eigenvalue weighted by Crippen LogP contribution is -2.20. The molecule has 1 unspecified atom stereocenters. The van der Waals surface area contributed by atoms with Gasteiger partial charge in [0.2, 0.25) is 5.13 Å². The molecule has 1 atom stereocenters. The van der Waals surface area contributed by atoms with E-state index in [1.54, 1.807) is 0 Å². The fourth-order valence-corrected chi connectivity index (χ4v) is 1.81. The standard InChI is InChI=1S/C9H15N3O2S/c1-4-7-11-9(15-12-7)10-6(2)5-8(13)14-3/h6H,4-5H2,1-3H3,(H,10,11,12). The lowest BCUT2D eigenvalue weighted by molar-refractivity contribution is -0.140. The van der Waals surface area contributed by atoms with Crippen LogP contribution in [0, 0.1) is 0 Å². The minimum Gasteiger partial charge on any atom is -0.469 e. The Morgan fingerprint density at radius 1 is 1.67 bits per heavy atom. The van der Waals surface area contributed by atoms with Crippen molar-refractivity contribution < 1.29 is 9.53 Å². The molecule has 0 fully saturated rings. The highest BCUT2D eigenvalue weighted by Gasteiger charge is 2.11. The maximum atomic E-state index is 11.0. The predicted octanol–water partition coefficient (Wildman–Crippen LogP) is 1.46. The van der Waals surface area contributed by atoms with Crippen LogP contribution in [0.1, 0.15) is 26.1 Å². The third kappa shape index (κ3) is 3.83. The van der Waals surface area contributed by atoms with E-state index < -0.39 is 0 Å². The third-order valence-electron chi connectivity index (χ3n) is 1.85. The Hall–Kier alpha value is -1.17. The molecule has 0 aliphatic heterocycles. The Labute approximate surface area is 93.0 Å². The second-order valence-electron chi connectivity index (χ2n) is 3.19. The van der Waals surface area contributed by atoms with E-state index in [0.29, 0.717) is 6.42 Å².